The molecule has 0 atom stereocenters. The number of hydrogen-bond donors (Lipinski definition) is 0. The van der Waals surface area contributed by atoms with E-state index in [1.54, 1.807) is 25.3 Å². The molecule has 0 aromatic carbocycles. The van der Waals surface area contributed by atoms with E-state index < -0.39 is 5.97 Å². The molecule has 0 saturated heterocycles. The molecular formula is C14H18N2O4. The molecule has 1 aromatic rings. The van der Waals surface area contributed by atoms with Gasteiger partial charge in [0.05, 0.1) is 13.7 Å². The summed E-state index contributed by atoms with van der Waals surface area (Å²) < 4.78 is 9.73. The van der Waals surface area contributed by atoms with Crippen molar-refractivity contribution in [2.75, 3.05) is 25.2 Å². The quantitative estimate of drug-likeness (QED) is 0.733. The molecule has 20 heavy (non-hydrogen) atoms. The number of methoxy groups -OCH3 is 1. The van der Waals surface area contributed by atoms with Gasteiger partial charge in [0.1, 0.15) is 17.9 Å². The van der Waals surface area contributed by atoms with E-state index in [0.29, 0.717) is 18.0 Å². The molecule has 0 N–H and O–H groups in total. The summed E-state index contributed by atoms with van der Waals surface area (Å²) in [6, 6.07) is 3.55. The molecule has 0 radical (unpaired) electrons. The van der Waals surface area contributed by atoms with Crippen molar-refractivity contribution in [1.29, 1.82) is 0 Å². The fraction of sp³-hybridized carbons (Fsp3) is 0.500. The van der Waals surface area contributed by atoms with Crippen molar-refractivity contribution in [3.63, 3.8) is 0 Å². The summed E-state index contributed by atoms with van der Waals surface area (Å²) in [4.78, 5) is 29.6. The Morgan fingerprint density at radius 1 is 1.45 bits per heavy atom. The van der Waals surface area contributed by atoms with Gasteiger partial charge in [-0.1, -0.05) is 0 Å². The lowest BCUT2D eigenvalue weighted by molar-refractivity contribution is -0.141. The van der Waals surface area contributed by atoms with Crippen molar-refractivity contribution in [3.05, 3.63) is 23.9 Å². The van der Waals surface area contributed by atoms with E-state index in [9.17, 15) is 9.59 Å². The lowest BCUT2D eigenvalue weighted by atomic mass is 10.2. The summed E-state index contributed by atoms with van der Waals surface area (Å²) in [6.07, 6.45) is 3.56. The molecule has 1 saturated carbocycles. The number of esters is 2. The van der Waals surface area contributed by atoms with Crippen LogP contribution >= 0.6 is 0 Å². The Kier molecular flexibility index (Phi) is 4.55. The van der Waals surface area contributed by atoms with Gasteiger partial charge in [-0.2, -0.15) is 0 Å². The van der Waals surface area contributed by atoms with E-state index in [0.717, 1.165) is 12.8 Å². The second-order valence-electron chi connectivity index (χ2n) is 4.53. The molecule has 108 valence electrons. The molecule has 1 aliphatic rings. The van der Waals surface area contributed by atoms with Crippen molar-refractivity contribution in [1.82, 2.24) is 4.98 Å². The second-order valence-corrected chi connectivity index (χ2v) is 4.53. The third kappa shape index (κ3) is 3.26. The first-order valence-corrected chi connectivity index (χ1v) is 6.63. The number of rotatable bonds is 6. The second kappa shape index (κ2) is 6.36. The van der Waals surface area contributed by atoms with Crippen LogP contribution in [0.4, 0.5) is 5.82 Å². The van der Waals surface area contributed by atoms with Crippen LogP contribution in [0.15, 0.2) is 18.3 Å². The van der Waals surface area contributed by atoms with Gasteiger partial charge in [0.15, 0.2) is 0 Å². The van der Waals surface area contributed by atoms with Crippen LogP contribution in [0.25, 0.3) is 0 Å². The Bertz CT molecular complexity index is 500. The maximum Gasteiger partial charge on any atom is 0.341 e. The first-order valence-electron chi connectivity index (χ1n) is 6.63. The normalized spacial score (nSPS) is 13.7. The Morgan fingerprint density at radius 2 is 2.20 bits per heavy atom. The minimum absolute atomic E-state index is 0.0967. The van der Waals surface area contributed by atoms with E-state index in [1.807, 2.05) is 4.90 Å². The van der Waals surface area contributed by atoms with E-state index in [1.165, 1.54) is 7.11 Å². The van der Waals surface area contributed by atoms with Gasteiger partial charge in [0.2, 0.25) is 0 Å². The lowest BCUT2D eigenvalue weighted by Gasteiger charge is -2.23. The van der Waals surface area contributed by atoms with Gasteiger partial charge in [-0.15, -0.1) is 0 Å². The number of aromatic nitrogens is 1. The number of pyridine rings is 1. The molecule has 2 rings (SSSR count). The van der Waals surface area contributed by atoms with Crippen LogP contribution in [0, 0.1) is 0 Å². The molecule has 0 bridgehead atoms. The van der Waals surface area contributed by atoms with Crippen LogP contribution in [0.2, 0.25) is 0 Å². The molecule has 1 aliphatic carbocycles. The SMILES string of the molecule is CCOC(=O)CN(c1ncccc1C(=O)OC)C1CC1. The first kappa shape index (κ1) is 14.3. The van der Waals surface area contributed by atoms with E-state index in [4.69, 9.17) is 9.47 Å². The molecule has 6 nitrogen and oxygen atoms in total. The highest BCUT2D eigenvalue weighted by Crippen LogP contribution is 2.32. The van der Waals surface area contributed by atoms with Crippen LogP contribution in [0.1, 0.15) is 30.1 Å². The molecular weight excluding hydrogens is 260 g/mol. The number of anilines is 1. The van der Waals surface area contributed by atoms with E-state index >= 15 is 0 Å². The lowest BCUT2D eigenvalue weighted by Crippen LogP contribution is -2.34. The summed E-state index contributed by atoms with van der Waals surface area (Å²) in [5.74, 6) is -0.293. The number of carbonyl (C=O) groups excluding carboxylic acids is 2. The van der Waals surface area contributed by atoms with Crippen molar-refractivity contribution in [3.8, 4) is 0 Å². The van der Waals surface area contributed by atoms with Crippen LogP contribution < -0.4 is 4.90 Å². The van der Waals surface area contributed by atoms with Crippen LogP contribution in [0.3, 0.4) is 0 Å². The molecule has 6 heteroatoms. The highest BCUT2D eigenvalue weighted by molar-refractivity contribution is 5.95. The average Bonchev–Trinajstić information content (AvgIpc) is 3.29. The maximum atomic E-state index is 11.8. The maximum absolute atomic E-state index is 11.8. The largest absolute Gasteiger partial charge is 0.465 e. The van der Waals surface area contributed by atoms with Crippen molar-refractivity contribution in [2.45, 2.75) is 25.8 Å². The Labute approximate surface area is 117 Å². The monoisotopic (exact) mass is 278 g/mol. The van der Waals surface area contributed by atoms with E-state index in [-0.39, 0.29) is 18.6 Å². The van der Waals surface area contributed by atoms with Crippen LogP contribution in [-0.4, -0.2) is 43.2 Å². The average molecular weight is 278 g/mol. The minimum Gasteiger partial charge on any atom is -0.465 e. The van der Waals surface area contributed by atoms with Gasteiger partial charge >= 0.3 is 11.9 Å². The van der Waals surface area contributed by atoms with Crippen molar-refractivity contribution >= 4 is 17.8 Å². The Hall–Kier alpha value is -2.11. The van der Waals surface area contributed by atoms with Crippen molar-refractivity contribution in [2.24, 2.45) is 0 Å². The molecule has 0 spiro atoms. The van der Waals surface area contributed by atoms with Gasteiger partial charge in [-0.05, 0) is 31.9 Å². The van der Waals surface area contributed by atoms with E-state index in [2.05, 4.69) is 4.98 Å². The zero-order valence-electron chi connectivity index (χ0n) is 11.7. The minimum atomic E-state index is -0.456. The number of ether oxygens (including phenoxy) is 2. The molecule has 1 heterocycles. The Morgan fingerprint density at radius 3 is 2.80 bits per heavy atom. The molecule has 1 aromatic heterocycles. The van der Waals surface area contributed by atoms with Gasteiger partial charge in [-0.3, -0.25) is 4.79 Å². The summed E-state index contributed by atoms with van der Waals surface area (Å²) in [5, 5.41) is 0. The summed E-state index contributed by atoms with van der Waals surface area (Å²) in [5.41, 5.74) is 0.367. The fourth-order valence-electron chi connectivity index (χ4n) is 2.00. The first-order chi connectivity index (χ1) is 9.67. The molecule has 0 aliphatic heterocycles. The topological polar surface area (TPSA) is 68.7 Å². The van der Waals surface area contributed by atoms with Gasteiger partial charge in [0.25, 0.3) is 0 Å². The third-order valence-electron chi connectivity index (χ3n) is 3.06. The standard InChI is InChI=1S/C14H18N2O4/c1-3-20-12(17)9-16(10-6-7-10)13-11(14(18)19-2)5-4-8-15-13/h4-5,8,10H,3,6-7,9H2,1-2H3. The van der Waals surface area contributed by atoms with Gasteiger partial charge in [-0.25, -0.2) is 9.78 Å². The molecule has 0 unspecified atom stereocenters. The Balaban J connectivity index is 2.25. The molecule has 0 amide bonds. The highest BCUT2D eigenvalue weighted by atomic mass is 16.5. The smallest absolute Gasteiger partial charge is 0.341 e. The van der Waals surface area contributed by atoms with Crippen LogP contribution in [-0.2, 0) is 14.3 Å². The zero-order valence-corrected chi connectivity index (χ0v) is 11.7. The predicted molar refractivity (Wildman–Crippen MR) is 72.6 cm³/mol. The predicted octanol–water partition coefficient (Wildman–Crippen LogP) is 1.40. The van der Waals surface area contributed by atoms with Crippen LogP contribution in [0.5, 0.6) is 0 Å². The third-order valence-corrected chi connectivity index (χ3v) is 3.06. The summed E-state index contributed by atoms with van der Waals surface area (Å²) in [6.45, 7) is 2.20. The molecule has 1 fully saturated rings. The van der Waals surface area contributed by atoms with Gasteiger partial charge in [0, 0.05) is 12.2 Å². The fourth-order valence-corrected chi connectivity index (χ4v) is 2.00. The summed E-state index contributed by atoms with van der Waals surface area (Å²) in [7, 11) is 1.33. The number of hydrogen-bond acceptors (Lipinski definition) is 6. The number of nitrogens with zero attached hydrogens (tertiary/aromatic N) is 2. The summed E-state index contributed by atoms with van der Waals surface area (Å²) >= 11 is 0. The van der Waals surface area contributed by atoms with Gasteiger partial charge < -0.3 is 14.4 Å². The van der Waals surface area contributed by atoms with Crippen molar-refractivity contribution < 1.29 is 19.1 Å². The number of carbonyl (C=O) groups is 2. The zero-order chi connectivity index (χ0) is 14.5. The highest BCUT2D eigenvalue weighted by Gasteiger charge is 2.34.